The minimum atomic E-state index is 0. The number of fused-ring (bicyclic) bond motifs is 1. The summed E-state index contributed by atoms with van der Waals surface area (Å²) in [5, 5.41) is 13.2. The molecule has 1 aliphatic rings. The highest BCUT2D eigenvalue weighted by molar-refractivity contribution is 5.94. The topological polar surface area (TPSA) is 119 Å². The standard InChI is InChI=1S/C23H27N9.CH4/c1-15(2)20-13-31(21-12-16(3)28-22(25)30-21)10-11-32(20)23(27-14-24)29-19-8-4-7-18-17(19)6-5-9-26-18;/h4-9,12,15,20H,10-11,13H2,1-3H3,(H,27,29)(H2,25,28,30);1H4/t20-;/m1./s1. The van der Waals surface area contributed by atoms with Crippen molar-refractivity contribution in [1.82, 2.24) is 25.2 Å². The number of hydrogen-bond donors (Lipinski definition) is 2. The number of nitrogens with zero attached hydrogens (tertiary/aromatic N) is 7. The normalized spacial score (nSPS) is 16.5. The molecule has 9 heteroatoms. The van der Waals surface area contributed by atoms with E-state index in [4.69, 9.17) is 10.7 Å². The smallest absolute Gasteiger partial charge is 0.222 e. The van der Waals surface area contributed by atoms with Gasteiger partial charge in [0.1, 0.15) is 5.82 Å². The van der Waals surface area contributed by atoms with E-state index in [0.29, 0.717) is 18.4 Å². The summed E-state index contributed by atoms with van der Waals surface area (Å²) in [6, 6.07) is 11.8. The van der Waals surface area contributed by atoms with Gasteiger partial charge in [-0.2, -0.15) is 10.2 Å². The van der Waals surface area contributed by atoms with Crippen molar-refractivity contribution in [1.29, 1.82) is 5.26 Å². The van der Waals surface area contributed by atoms with Crippen molar-refractivity contribution < 1.29 is 0 Å². The van der Waals surface area contributed by atoms with E-state index in [0.717, 1.165) is 41.2 Å². The van der Waals surface area contributed by atoms with Gasteiger partial charge in [0.2, 0.25) is 11.9 Å². The van der Waals surface area contributed by atoms with E-state index in [1.807, 2.05) is 43.3 Å². The van der Waals surface area contributed by atoms with Crippen molar-refractivity contribution in [2.24, 2.45) is 10.9 Å². The van der Waals surface area contributed by atoms with Crippen molar-refractivity contribution in [3.8, 4) is 6.19 Å². The summed E-state index contributed by atoms with van der Waals surface area (Å²) in [6.07, 6.45) is 3.83. The van der Waals surface area contributed by atoms with E-state index in [-0.39, 0.29) is 19.4 Å². The molecule has 0 radical (unpaired) electrons. The molecule has 33 heavy (non-hydrogen) atoms. The number of nitrogens with one attached hydrogen (secondary N) is 1. The van der Waals surface area contributed by atoms with Crippen LogP contribution >= 0.6 is 0 Å². The van der Waals surface area contributed by atoms with Crippen molar-refractivity contribution in [2.45, 2.75) is 34.2 Å². The van der Waals surface area contributed by atoms with Crippen LogP contribution in [-0.2, 0) is 0 Å². The maximum Gasteiger partial charge on any atom is 0.222 e. The minimum absolute atomic E-state index is 0. The predicted octanol–water partition coefficient (Wildman–Crippen LogP) is 3.46. The Morgan fingerprint density at radius 1 is 1.24 bits per heavy atom. The molecule has 9 nitrogen and oxygen atoms in total. The molecule has 1 aliphatic heterocycles. The molecule has 0 aliphatic carbocycles. The van der Waals surface area contributed by atoms with E-state index in [1.165, 1.54) is 0 Å². The number of rotatable bonds is 3. The van der Waals surface area contributed by atoms with Crippen LogP contribution in [0, 0.1) is 24.3 Å². The molecule has 0 bridgehead atoms. The number of aryl methyl sites for hydroxylation is 1. The summed E-state index contributed by atoms with van der Waals surface area (Å²) in [4.78, 5) is 22.3. The number of piperazine rings is 1. The third-order valence-corrected chi connectivity index (χ3v) is 5.66. The second-order valence-corrected chi connectivity index (χ2v) is 8.20. The molecular formula is C24H31N9. The Morgan fingerprint density at radius 3 is 2.79 bits per heavy atom. The Bertz CT molecular complexity index is 1160. The summed E-state index contributed by atoms with van der Waals surface area (Å²) in [6.45, 7) is 8.40. The molecule has 4 rings (SSSR count). The van der Waals surface area contributed by atoms with E-state index in [9.17, 15) is 5.26 Å². The van der Waals surface area contributed by atoms with Gasteiger partial charge in [-0.1, -0.05) is 27.3 Å². The molecule has 2 aromatic heterocycles. The van der Waals surface area contributed by atoms with E-state index in [1.54, 1.807) is 6.20 Å². The van der Waals surface area contributed by atoms with Crippen LogP contribution < -0.4 is 16.0 Å². The number of aliphatic imine (C=N–C) groups is 1. The van der Waals surface area contributed by atoms with Crippen LogP contribution in [0.1, 0.15) is 27.0 Å². The van der Waals surface area contributed by atoms with Gasteiger partial charge in [0.15, 0.2) is 6.19 Å². The molecule has 3 aromatic rings. The third-order valence-electron chi connectivity index (χ3n) is 5.66. The van der Waals surface area contributed by atoms with Crippen LogP contribution in [0.4, 0.5) is 17.5 Å². The Kier molecular flexibility index (Phi) is 7.28. The number of anilines is 2. The fourth-order valence-corrected chi connectivity index (χ4v) is 4.10. The third kappa shape index (κ3) is 5.12. The summed E-state index contributed by atoms with van der Waals surface area (Å²) in [5.41, 5.74) is 8.36. The van der Waals surface area contributed by atoms with Gasteiger partial charge in [0, 0.05) is 43.0 Å². The van der Waals surface area contributed by atoms with Gasteiger partial charge in [0.25, 0.3) is 0 Å². The Hall–Kier alpha value is -3.93. The zero-order valence-corrected chi connectivity index (χ0v) is 18.5. The molecule has 0 saturated carbocycles. The van der Waals surface area contributed by atoms with Crippen molar-refractivity contribution in [3.05, 3.63) is 48.3 Å². The van der Waals surface area contributed by atoms with Gasteiger partial charge >= 0.3 is 0 Å². The van der Waals surface area contributed by atoms with Gasteiger partial charge in [-0.25, -0.2) is 9.98 Å². The average molecular weight is 446 g/mol. The molecule has 3 heterocycles. The van der Waals surface area contributed by atoms with E-state index < -0.39 is 0 Å². The number of pyridine rings is 1. The number of aromatic nitrogens is 3. The molecule has 1 saturated heterocycles. The first-order valence-electron chi connectivity index (χ1n) is 10.7. The first-order valence-corrected chi connectivity index (χ1v) is 10.7. The van der Waals surface area contributed by atoms with Crippen LogP contribution in [-0.4, -0.2) is 51.5 Å². The van der Waals surface area contributed by atoms with Crippen LogP contribution in [0.5, 0.6) is 0 Å². The lowest BCUT2D eigenvalue weighted by atomic mass is 9.99. The molecular weight excluding hydrogens is 414 g/mol. The number of nitrogens with two attached hydrogens (primary N) is 1. The molecule has 0 unspecified atom stereocenters. The highest BCUT2D eigenvalue weighted by atomic mass is 15.4. The Morgan fingerprint density at radius 2 is 2.06 bits per heavy atom. The first kappa shape index (κ1) is 23.7. The predicted molar refractivity (Wildman–Crippen MR) is 133 cm³/mol. The average Bonchev–Trinajstić information content (AvgIpc) is 2.78. The number of nitrogen functional groups attached to an aromatic ring is 1. The Balaban J connectivity index is 0.00000306. The lowest BCUT2D eigenvalue weighted by Gasteiger charge is -2.44. The highest BCUT2D eigenvalue weighted by Gasteiger charge is 2.32. The number of nitriles is 1. The van der Waals surface area contributed by atoms with Crippen molar-refractivity contribution in [2.75, 3.05) is 30.3 Å². The molecule has 3 N–H and O–H groups in total. The second kappa shape index (κ2) is 10.1. The highest BCUT2D eigenvalue weighted by Crippen LogP contribution is 2.27. The zero-order chi connectivity index (χ0) is 22.7. The molecule has 1 atom stereocenters. The monoisotopic (exact) mass is 445 g/mol. The maximum atomic E-state index is 9.45. The van der Waals surface area contributed by atoms with Crippen LogP contribution in [0.2, 0.25) is 0 Å². The van der Waals surface area contributed by atoms with Crippen LogP contribution in [0.3, 0.4) is 0 Å². The summed E-state index contributed by atoms with van der Waals surface area (Å²) < 4.78 is 0. The molecule has 0 spiro atoms. The van der Waals surface area contributed by atoms with Crippen molar-refractivity contribution >= 4 is 34.3 Å². The second-order valence-electron chi connectivity index (χ2n) is 8.20. The molecule has 1 aromatic carbocycles. The van der Waals surface area contributed by atoms with Crippen LogP contribution in [0.15, 0.2) is 47.6 Å². The first-order chi connectivity index (χ1) is 15.5. The van der Waals surface area contributed by atoms with Gasteiger partial charge in [-0.3, -0.25) is 10.3 Å². The van der Waals surface area contributed by atoms with Crippen LogP contribution in [0.25, 0.3) is 10.9 Å². The Labute approximate surface area is 195 Å². The largest absolute Gasteiger partial charge is 0.368 e. The van der Waals surface area contributed by atoms with Gasteiger partial charge in [-0.05, 0) is 37.1 Å². The van der Waals surface area contributed by atoms with E-state index in [2.05, 4.69) is 50.1 Å². The van der Waals surface area contributed by atoms with Gasteiger partial charge in [0.05, 0.1) is 17.2 Å². The lowest BCUT2D eigenvalue weighted by molar-refractivity contribution is 0.220. The SMILES string of the molecule is C.Cc1cc(N2CCN(C(=Nc3cccc4ncccc34)NC#N)[C@@H](C(C)C)C2)nc(N)n1. The zero-order valence-electron chi connectivity index (χ0n) is 18.5. The fraction of sp³-hybridized carbons (Fsp3) is 0.375. The van der Waals surface area contributed by atoms with Gasteiger partial charge < -0.3 is 15.5 Å². The number of benzene rings is 1. The lowest BCUT2D eigenvalue weighted by Crippen LogP contribution is -2.59. The molecule has 1 fully saturated rings. The quantitative estimate of drug-likeness (QED) is 0.272. The van der Waals surface area contributed by atoms with Gasteiger partial charge in [-0.15, -0.1) is 0 Å². The maximum absolute atomic E-state index is 9.45. The molecule has 0 amide bonds. The summed E-state index contributed by atoms with van der Waals surface area (Å²) in [7, 11) is 0. The number of hydrogen-bond acceptors (Lipinski definition) is 7. The van der Waals surface area contributed by atoms with E-state index >= 15 is 0 Å². The molecule has 172 valence electrons. The summed E-state index contributed by atoms with van der Waals surface area (Å²) >= 11 is 0. The minimum Gasteiger partial charge on any atom is -0.368 e. The number of guanidine groups is 1. The summed E-state index contributed by atoms with van der Waals surface area (Å²) in [5.74, 6) is 1.96. The van der Waals surface area contributed by atoms with Crippen molar-refractivity contribution in [3.63, 3.8) is 0 Å². The fourth-order valence-electron chi connectivity index (χ4n) is 4.10.